The minimum atomic E-state index is -1.35. The number of carboxylic acids is 1. The summed E-state index contributed by atoms with van der Waals surface area (Å²) in [5.41, 5.74) is 4.58. The largest absolute Gasteiger partial charge is 0.477 e. The van der Waals surface area contributed by atoms with Crippen LogP contribution in [0.15, 0.2) is 29.1 Å². The van der Waals surface area contributed by atoms with Gasteiger partial charge in [-0.15, -0.1) is 0 Å². The first-order valence-corrected chi connectivity index (χ1v) is 6.10. The second-order valence-corrected chi connectivity index (χ2v) is 4.39. The lowest BCUT2D eigenvalue weighted by molar-refractivity contribution is -0.117. The molecule has 0 saturated carbocycles. The van der Waals surface area contributed by atoms with E-state index in [4.69, 9.17) is 10.8 Å². The molecule has 0 aliphatic carbocycles. The Bertz CT molecular complexity index is 827. The van der Waals surface area contributed by atoms with Crippen molar-refractivity contribution in [2.75, 3.05) is 11.9 Å². The molecule has 2 aromatic rings. The highest BCUT2D eigenvalue weighted by molar-refractivity contribution is 5.96. The highest BCUT2D eigenvalue weighted by atomic mass is 16.4. The Morgan fingerprint density at radius 1 is 1.23 bits per heavy atom. The number of urea groups is 1. The van der Waals surface area contributed by atoms with Gasteiger partial charge >= 0.3 is 12.0 Å². The molecule has 22 heavy (non-hydrogen) atoms. The molecule has 114 valence electrons. The van der Waals surface area contributed by atoms with Gasteiger partial charge in [0.05, 0.1) is 6.54 Å². The first kappa shape index (κ1) is 15.0. The third-order valence-corrected chi connectivity index (χ3v) is 2.76. The summed E-state index contributed by atoms with van der Waals surface area (Å²) in [6, 6.07) is 5.10. The number of rotatable bonds is 4. The van der Waals surface area contributed by atoms with Gasteiger partial charge in [-0.25, -0.2) is 9.59 Å². The summed E-state index contributed by atoms with van der Waals surface area (Å²) in [6.07, 6.45) is 0. The second-order valence-electron chi connectivity index (χ2n) is 4.39. The van der Waals surface area contributed by atoms with Crippen LogP contribution in [0.4, 0.5) is 10.5 Å². The van der Waals surface area contributed by atoms with Crippen LogP contribution in [0.3, 0.4) is 0 Å². The quantitative estimate of drug-likeness (QED) is 0.530. The Balaban J connectivity index is 2.28. The zero-order valence-corrected chi connectivity index (χ0v) is 11.2. The maximum absolute atomic E-state index is 11.5. The minimum absolute atomic E-state index is 0.310. The normalized spacial score (nSPS) is 10.2. The van der Waals surface area contributed by atoms with Gasteiger partial charge < -0.3 is 26.5 Å². The fourth-order valence-electron chi connectivity index (χ4n) is 1.79. The zero-order chi connectivity index (χ0) is 16.3. The van der Waals surface area contributed by atoms with Crippen molar-refractivity contribution in [1.82, 2.24) is 10.3 Å². The molecule has 0 aliphatic rings. The van der Waals surface area contributed by atoms with Crippen LogP contribution in [0.5, 0.6) is 0 Å². The maximum Gasteiger partial charge on any atom is 0.341 e. The van der Waals surface area contributed by atoms with Crippen LogP contribution in [-0.2, 0) is 4.79 Å². The van der Waals surface area contributed by atoms with Crippen molar-refractivity contribution in [1.29, 1.82) is 0 Å². The van der Waals surface area contributed by atoms with Gasteiger partial charge in [-0.05, 0) is 24.3 Å². The maximum atomic E-state index is 11.5. The molecular formula is C13H12N4O5. The summed E-state index contributed by atoms with van der Waals surface area (Å²) in [4.78, 5) is 46.9. The number of pyridine rings is 1. The number of carbonyl (C=O) groups is 3. The number of primary amides is 1. The Morgan fingerprint density at radius 3 is 2.59 bits per heavy atom. The van der Waals surface area contributed by atoms with Crippen molar-refractivity contribution >= 4 is 34.5 Å². The SMILES string of the molecule is NC(=O)CNC(=O)Nc1ccc2[nH]c(=O)c(C(=O)O)cc2c1. The van der Waals surface area contributed by atoms with Crippen molar-refractivity contribution in [2.45, 2.75) is 0 Å². The summed E-state index contributed by atoms with van der Waals surface area (Å²) in [7, 11) is 0. The lowest BCUT2D eigenvalue weighted by atomic mass is 10.1. The number of anilines is 1. The van der Waals surface area contributed by atoms with E-state index in [1.54, 1.807) is 0 Å². The average Bonchev–Trinajstić information content (AvgIpc) is 2.44. The second kappa shape index (κ2) is 5.95. The molecule has 0 unspecified atom stereocenters. The van der Waals surface area contributed by atoms with E-state index in [1.165, 1.54) is 24.3 Å². The number of nitrogens with one attached hydrogen (secondary N) is 3. The van der Waals surface area contributed by atoms with Crippen LogP contribution >= 0.6 is 0 Å². The van der Waals surface area contributed by atoms with Crippen molar-refractivity contribution in [3.05, 3.63) is 40.2 Å². The van der Waals surface area contributed by atoms with Crippen molar-refractivity contribution in [3.8, 4) is 0 Å². The molecule has 0 atom stereocenters. The Morgan fingerprint density at radius 2 is 1.95 bits per heavy atom. The predicted octanol–water partition coefficient (Wildman–Crippen LogP) is -0.167. The van der Waals surface area contributed by atoms with Gasteiger partial charge in [0.25, 0.3) is 5.56 Å². The fourth-order valence-corrected chi connectivity index (χ4v) is 1.79. The highest BCUT2D eigenvalue weighted by Gasteiger charge is 2.10. The third kappa shape index (κ3) is 3.39. The number of carbonyl (C=O) groups excluding carboxylic acids is 2. The molecule has 0 spiro atoms. The summed E-state index contributed by atoms with van der Waals surface area (Å²) in [6.45, 7) is -0.310. The number of aromatic amines is 1. The van der Waals surface area contributed by atoms with E-state index in [-0.39, 0.29) is 6.54 Å². The van der Waals surface area contributed by atoms with Crippen LogP contribution in [0.1, 0.15) is 10.4 Å². The number of fused-ring (bicyclic) bond motifs is 1. The number of carboxylic acid groups (broad SMARTS) is 1. The summed E-state index contributed by atoms with van der Waals surface area (Å²) in [5, 5.41) is 14.0. The van der Waals surface area contributed by atoms with Crippen LogP contribution in [0.25, 0.3) is 10.9 Å². The zero-order valence-electron chi connectivity index (χ0n) is 11.2. The van der Waals surface area contributed by atoms with E-state index in [0.29, 0.717) is 16.6 Å². The highest BCUT2D eigenvalue weighted by Crippen LogP contribution is 2.17. The lowest BCUT2D eigenvalue weighted by Gasteiger charge is -2.07. The molecule has 0 fully saturated rings. The van der Waals surface area contributed by atoms with Crippen molar-refractivity contribution < 1.29 is 19.5 Å². The standard InChI is InChI=1S/C13H12N4O5/c14-10(18)5-15-13(22)16-7-1-2-9-6(3-7)4-8(12(20)21)11(19)17-9/h1-4H,5H2,(H2,14,18)(H,17,19)(H,20,21)(H2,15,16,22). The Kier molecular flexibility index (Phi) is 4.07. The molecule has 2 rings (SSSR count). The number of aromatic nitrogens is 1. The average molecular weight is 304 g/mol. The van der Waals surface area contributed by atoms with Crippen LogP contribution in [0, 0.1) is 0 Å². The number of nitrogens with two attached hydrogens (primary N) is 1. The molecular weight excluding hydrogens is 292 g/mol. The molecule has 9 nitrogen and oxygen atoms in total. The van der Waals surface area contributed by atoms with Gasteiger partial charge in [-0.1, -0.05) is 0 Å². The van der Waals surface area contributed by atoms with E-state index in [9.17, 15) is 19.2 Å². The van der Waals surface area contributed by atoms with Crippen molar-refractivity contribution in [2.24, 2.45) is 5.73 Å². The Labute approximate surface area is 123 Å². The molecule has 0 aliphatic heterocycles. The van der Waals surface area contributed by atoms with Crippen LogP contribution in [0.2, 0.25) is 0 Å². The molecule has 6 N–H and O–H groups in total. The fraction of sp³-hybridized carbons (Fsp3) is 0.0769. The van der Waals surface area contributed by atoms with E-state index in [2.05, 4.69) is 15.6 Å². The molecule has 9 heteroatoms. The number of amides is 3. The molecule has 1 aromatic heterocycles. The van der Waals surface area contributed by atoms with E-state index in [0.717, 1.165) is 0 Å². The predicted molar refractivity (Wildman–Crippen MR) is 77.7 cm³/mol. The first-order valence-electron chi connectivity index (χ1n) is 6.10. The number of hydrogen-bond acceptors (Lipinski definition) is 4. The number of aromatic carboxylic acids is 1. The summed E-state index contributed by atoms with van der Waals surface area (Å²) < 4.78 is 0. The van der Waals surface area contributed by atoms with Crippen LogP contribution in [-0.4, -0.2) is 34.5 Å². The topological polar surface area (TPSA) is 154 Å². The molecule has 1 aromatic carbocycles. The molecule has 0 saturated heterocycles. The van der Waals surface area contributed by atoms with Gasteiger partial charge in [0.15, 0.2) is 0 Å². The third-order valence-electron chi connectivity index (χ3n) is 2.76. The van der Waals surface area contributed by atoms with Gasteiger partial charge in [0.1, 0.15) is 5.56 Å². The van der Waals surface area contributed by atoms with Gasteiger partial charge in [0.2, 0.25) is 5.91 Å². The number of H-pyrrole nitrogens is 1. The lowest BCUT2D eigenvalue weighted by Crippen LogP contribution is -2.36. The first-order chi connectivity index (χ1) is 10.4. The van der Waals surface area contributed by atoms with Gasteiger partial charge in [-0.3, -0.25) is 9.59 Å². The van der Waals surface area contributed by atoms with E-state index < -0.39 is 29.0 Å². The van der Waals surface area contributed by atoms with Crippen molar-refractivity contribution in [3.63, 3.8) is 0 Å². The summed E-state index contributed by atoms with van der Waals surface area (Å²) in [5.74, 6) is -2.03. The van der Waals surface area contributed by atoms with Gasteiger partial charge in [-0.2, -0.15) is 0 Å². The molecule has 0 bridgehead atoms. The molecule has 1 heterocycles. The minimum Gasteiger partial charge on any atom is -0.477 e. The molecule has 3 amide bonds. The summed E-state index contributed by atoms with van der Waals surface area (Å²) >= 11 is 0. The van der Waals surface area contributed by atoms with E-state index >= 15 is 0 Å². The smallest absolute Gasteiger partial charge is 0.341 e. The number of hydrogen-bond donors (Lipinski definition) is 5. The van der Waals surface area contributed by atoms with Gasteiger partial charge in [0, 0.05) is 16.6 Å². The van der Waals surface area contributed by atoms with E-state index in [1.807, 2.05) is 0 Å². The molecule has 0 radical (unpaired) electrons. The monoisotopic (exact) mass is 304 g/mol. The number of benzene rings is 1. The Hall–Kier alpha value is -3.36. The van der Waals surface area contributed by atoms with Crippen LogP contribution < -0.4 is 21.9 Å².